The zero-order valence-electron chi connectivity index (χ0n) is 25.9. The van der Waals surface area contributed by atoms with Crippen LogP contribution in [0.1, 0.15) is 79.3 Å². The summed E-state index contributed by atoms with van der Waals surface area (Å²) in [5, 5.41) is 7.93. The maximum absolute atomic E-state index is 14.2. The summed E-state index contributed by atoms with van der Waals surface area (Å²) in [6, 6.07) is 21.7. The number of nitrogens with zero attached hydrogens (tertiary/aromatic N) is 2. The van der Waals surface area contributed by atoms with Crippen molar-refractivity contribution >= 4 is 34.4 Å². The molecule has 8 nitrogen and oxygen atoms in total. The molecule has 8 heteroatoms. The predicted molar refractivity (Wildman–Crippen MR) is 172 cm³/mol. The monoisotopic (exact) mass is 589 g/mol. The molecule has 44 heavy (non-hydrogen) atoms. The summed E-state index contributed by atoms with van der Waals surface area (Å²) in [7, 11) is 0. The number of aromatic amines is 1. The topological polar surface area (TPSA) is 97.5 Å². The summed E-state index contributed by atoms with van der Waals surface area (Å²) in [5.74, 6) is -0.407. The number of aromatic nitrogens is 1. The van der Waals surface area contributed by atoms with E-state index in [0.717, 1.165) is 46.1 Å². The van der Waals surface area contributed by atoms with Gasteiger partial charge in [0.2, 0.25) is 0 Å². The number of anilines is 1. The summed E-state index contributed by atoms with van der Waals surface area (Å²) in [4.78, 5) is 48.0. The lowest BCUT2D eigenvalue weighted by atomic mass is 9.79. The SMILES string of the molecule is Cc1ccc(C2c3[nH]c4ccccc4c3CC3C(=O)N(c4ccc(C(=O)NC5CC(C)(C)NC(C)(C)C5)cc4)C(=O)N32)cc1. The van der Waals surface area contributed by atoms with Gasteiger partial charge in [-0.1, -0.05) is 48.0 Å². The van der Waals surface area contributed by atoms with Crippen LogP contribution in [0.2, 0.25) is 0 Å². The van der Waals surface area contributed by atoms with Gasteiger partial charge in [-0.25, -0.2) is 9.69 Å². The fraction of sp³-hybridized carbons (Fsp3) is 0.361. The number of aryl methyl sites for hydroxylation is 1. The Hall–Kier alpha value is -4.43. The highest BCUT2D eigenvalue weighted by Gasteiger charge is 2.53. The predicted octanol–water partition coefficient (Wildman–Crippen LogP) is 6.00. The summed E-state index contributed by atoms with van der Waals surface area (Å²) in [6.45, 7) is 10.7. The molecular weight excluding hydrogens is 550 g/mol. The van der Waals surface area contributed by atoms with Gasteiger partial charge in [0.15, 0.2) is 0 Å². The van der Waals surface area contributed by atoms with Crippen LogP contribution in [0, 0.1) is 6.92 Å². The normalized spacial score (nSPS) is 22.7. The third-order valence-electron chi connectivity index (χ3n) is 9.36. The average Bonchev–Trinajstić information content (AvgIpc) is 3.45. The van der Waals surface area contributed by atoms with Crippen molar-refractivity contribution in [2.75, 3.05) is 4.90 Å². The zero-order valence-corrected chi connectivity index (χ0v) is 25.9. The van der Waals surface area contributed by atoms with Crippen LogP contribution in [0.25, 0.3) is 10.9 Å². The summed E-state index contributed by atoms with van der Waals surface area (Å²) in [5.41, 5.74) is 5.89. The quantitative estimate of drug-likeness (QED) is 0.255. The van der Waals surface area contributed by atoms with Gasteiger partial charge in [-0.2, -0.15) is 0 Å². The molecule has 2 saturated heterocycles. The highest BCUT2D eigenvalue weighted by atomic mass is 16.2. The van der Waals surface area contributed by atoms with Crippen molar-refractivity contribution in [3.05, 3.63) is 101 Å². The Kier molecular flexibility index (Phi) is 6.48. The Morgan fingerprint density at radius 1 is 0.886 bits per heavy atom. The second-order valence-corrected chi connectivity index (χ2v) is 14.0. The minimum absolute atomic E-state index is 0.0398. The van der Waals surface area contributed by atoms with Gasteiger partial charge in [-0.3, -0.25) is 14.5 Å². The number of imide groups is 1. The van der Waals surface area contributed by atoms with Crippen molar-refractivity contribution in [2.45, 2.75) is 83.1 Å². The lowest BCUT2D eigenvalue weighted by Gasteiger charge is -2.46. The second kappa shape index (κ2) is 10.1. The van der Waals surface area contributed by atoms with Crippen molar-refractivity contribution < 1.29 is 14.4 Å². The van der Waals surface area contributed by atoms with Crippen LogP contribution >= 0.6 is 0 Å². The molecular formula is C36H39N5O3. The molecule has 4 aromatic rings. The molecule has 0 aliphatic carbocycles. The van der Waals surface area contributed by atoms with Crippen molar-refractivity contribution in [1.29, 1.82) is 0 Å². The van der Waals surface area contributed by atoms with E-state index >= 15 is 0 Å². The van der Waals surface area contributed by atoms with E-state index in [1.807, 2.05) is 49.4 Å². The first-order valence-corrected chi connectivity index (χ1v) is 15.4. The van der Waals surface area contributed by atoms with Gasteiger partial charge in [0.05, 0.1) is 5.69 Å². The van der Waals surface area contributed by atoms with Gasteiger partial charge >= 0.3 is 6.03 Å². The number of nitrogens with one attached hydrogen (secondary N) is 3. The zero-order chi connectivity index (χ0) is 31.0. The van der Waals surface area contributed by atoms with Crippen molar-refractivity contribution in [3.8, 4) is 0 Å². The van der Waals surface area contributed by atoms with Gasteiger partial charge in [-0.15, -0.1) is 0 Å². The molecule has 3 aliphatic rings. The molecule has 0 bridgehead atoms. The van der Waals surface area contributed by atoms with Gasteiger partial charge < -0.3 is 15.6 Å². The number of fused-ring (bicyclic) bond motifs is 4. The molecule has 0 spiro atoms. The molecule has 2 unspecified atom stereocenters. The van der Waals surface area contributed by atoms with Gasteiger partial charge in [-0.05, 0) is 88.9 Å². The van der Waals surface area contributed by atoms with Gasteiger partial charge in [0.25, 0.3) is 11.8 Å². The number of hydrogen-bond acceptors (Lipinski definition) is 4. The van der Waals surface area contributed by atoms with Crippen LogP contribution in [-0.2, 0) is 11.2 Å². The van der Waals surface area contributed by atoms with E-state index in [2.05, 4.69) is 49.4 Å². The van der Waals surface area contributed by atoms with E-state index in [0.29, 0.717) is 17.7 Å². The highest BCUT2D eigenvalue weighted by molar-refractivity contribution is 6.22. The van der Waals surface area contributed by atoms with Crippen molar-refractivity contribution in [3.63, 3.8) is 0 Å². The second-order valence-electron chi connectivity index (χ2n) is 14.0. The lowest BCUT2D eigenvalue weighted by molar-refractivity contribution is -0.120. The molecule has 226 valence electrons. The number of piperidine rings is 1. The van der Waals surface area contributed by atoms with Crippen LogP contribution in [0.15, 0.2) is 72.8 Å². The highest BCUT2D eigenvalue weighted by Crippen LogP contribution is 2.45. The molecule has 3 aromatic carbocycles. The first-order chi connectivity index (χ1) is 20.9. The van der Waals surface area contributed by atoms with Crippen LogP contribution in [0.3, 0.4) is 0 Å². The molecule has 3 aliphatic heterocycles. The number of amides is 4. The van der Waals surface area contributed by atoms with E-state index < -0.39 is 12.1 Å². The average molecular weight is 590 g/mol. The van der Waals surface area contributed by atoms with E-state index in [-0.39, 0.29) is 35.0 Å². The van der Waals surface area contributed by atoms with E-state index in [1.54, 1.807) is 29.2 Å². The number of para-hydroxylation sites is 1. The third-order valence-corrected chi connectivity index (χ3v) is 9.36. The first kappa shape index (κ1) is 28.3. The molecule has 2 fully saturated rings. The lowest BCUT2D eigenvalue weighted by Crippen LogP contribution is -2.62. The Morgan fingerprint density at radius 3 is 2.23 bits per heavy atom. The summed E-state index contributed by atoms with van der Waals surface area (Å²) >= 11 is 0. The number of hydrogen-bond donors (Lipinski definition) is 3. The first-order valence-electron chi connectivity index (χ1n) is 15.4. The molecule has 1 aromatic heterocycles. The van der Waals surface area contributed by atoms with E-state index in [1.165, 1.54) is 4.90 Å². The van der Waals surface area contributed by atoms with Crippen LogP contribution in [-0.4, -0.2) is 50.9 Å². The fourth-order valence-electron chi connectivity index (χ4n) is 7.86. The van der Waals surface area contributed by atoms with Crippen molar-refractivity contribution in [2.24, 2.45) is 0 Å². The van der Waals surface area contributed by atoms with Crippen molar-refractivity contribution in [1.82, 2.24) is 20.5 Å². The largest absolute Gasteiger partial charge is 0.356 e. The number of carbonyl (C=O) groups excluding carboxylic acids is 3. The van der Waals surface area contributed by atoms with Crippen LogP contribution in [0.5, 0.6) is 0 Å². The standard InChI is InChI=1S/C36H39N5O3/c1-21-10-12-22(13-11-21)31-30-27(26-8-6-7-9-28(26)38-30)18-29-33(43)40(34(44)41(29)31)25-16-14-23(15-17-25)32(42)37-24-19-35(2,3)39-36(4,5)20-24/h6-17,24,29,31,38-39H,18-20H2,1-5H3,(H,37,42). The smallest absolute Gasteiger partial charge is 0.332 e. The summed E-state index contributed by atoms with van der Waals surface area (Å²) in [6.07, 6.45) is 2.09. The van der Waals surface area contributed by atoms with Crippen LogP contribution < -0.4 is 15.5 Å². The molecule has 4 heterocycles. The number of benzene rings is 3. The fourth-order valence-corrected chi connectivity index (χ4v) is 7.86. The van der Waals surface area contributed by atoms with Gasteiger partial charge in [0, 0.05) is 45.7 Å². The summed E-state index contributed by atoms with van der Waals surface area (Å²) < 4.78 is 0. The molecule has 7 rings (SSSR count). The number of carbonyl (C=O) groups is 3. The molecule has 0 radical (unpaired) electrons. The maximum Gasteiger partial charge on any atom is 0.332 e. The Labute approximate surface area is 257 Å². The minimum atomic E-state index is -0.630. The molecule has 3 N–H and O–H groups in total. The third kappa shape index (κ3) is 4.78. The van der Waals surface area contributed by atoms with E-state index in [9.17, 15) is 14.4 Å². The Balaban J connectivity index is 1.18. The molecule has 4 amide bonds. The number of H-pyrrole nitrogens is 1. The minimum Gasteiger partial charge on any atom is -0.356 e. The Morgan fingerprint density at radius 2 is 1.55 bits per heavy atom. The maximum atomic E-state index is 14.2. The number of rotatable bonds is 4. The van der Waals surface area contributed by atoms with E-state index in [4.69, 9.17) is 0 Å². The number of urea groups is 1. The van der Waals surface area contributed by atoms with Crippen LogP contribution in [0.4, 0.5) is 10.5 Å². The van der Waals surface area contributed by atoms with Gasteiger partial charge in [0.1, 0.15) is 12.1 Å². The molecule has 2 atom stereocenters. The Bertz CT molecular complexity index is 1770. The molecule has 0 saturated carbocycles.